The lowest BCUT2D eigenvalue weighted by Gasteiger charge is -2.24. The Kier molecular flexibility index (Phi) is 43.4. The Labute approximate surface area is 700 Å². The van der Waals surface area contributed by atoms with Gasteiger partial charge in [0, 0.05) is 31.5 Å². The van der Waals surface area contributed by atoms with Gasteiger partial charge < -0.3 is 95.8 Å². The molecule has 0 spiro atoms. The molecule has 3 heterocycles. The van der Waals surface area contributed by atoms with E-state index in [1.54, 1.807) is 91.8 Å². The Morgan fingerprint density at radius 2 is 0.475 bits per heavy atom. The molecule has 32 nitrogen and oxygen atoms in total. The van der Waals surface area contributed by atoms with Crippen molar-refractivity contribution in [1.82, 2.24) is 20.0 Å². The fourth-order valence-electron chi connectivity index (χ4n) is 12.0. The molecule has 0 aromatic heterocycles. The minimum absolute atomic E-state index is 0.0344. The van der Waals surface area contributed by atoms with E-state index < -0.39 is 54.1 Å². The second-order valence-electron chi connectivity index (χ2n) is 27.5. The lowest BCUT2D eigenvalue weighted by Crippen LogP contribution is -2.42. The van der Waals surface area contributed by atoms with Crippen LogP contribution in [0.15, 0.2) is 146 Å². The molecule has 3 aliphatic rings. The Morgan fingerprint density at radius 3 is 0.650 bits per heavy atom. The van der Waals surface area contributed by atoms with E-state index in [-0.39, 0.29) is 174 Å². The highest BCUT2D eigenvalue weighted by Crippen LogP contribution is 2.37. The minimum Gasteiger partial charge on any atom is -0.491 e. The maximum Gasteiger partial charge on any atom is 0.320 e. The van der Waals surface area contributed by atoms with E-state index in [2.05, 4.69) is 51.2 Å². The fraction of sp³-hybridized carbons (Fsp3) is 0.500. The summed E-state index contributed by atoms with van der Waals surface area (Å²) >= 11 is 0. The van der Waals surface area contributed by atoms with Crippen LogP contribution in [0, 0.1) is 0 Å². The van der Waals surface area contributed by atoms with E-state index in [0.29, 0.717) is 50.3 Å². The van der Waals surface area contributed by atoms with Crippen LogP contribution in [0.2, 0.25) is 0 Å². The zero-order chi connectivity index (χ0) is 86.4. The highest BCUT2D eigenvalue weighted by molar-refractivity contribution is 5.77. The number of benzene rings is 6. The molecular formula is C88H116N4O28. The predicted molar refractivity (Wildman–Crippen MR) is 436 cm³/mol. The van der Waals surface area contributed by atoms with Gasteiger partial charge in [0.1, 0.15) is 111 Å². The van der Waals surface area contributed by atoms with E-state index >= 15 is 0 Å². The van der Waals surface area contributed by atoms with Gasteiger partial charge in [0.15, 0.2) is 0 Å². The molecule has 120 heavy (non-hydrogen) atoms. The molecule has 4 N–H and O–H groups in total. The topological polar surface area (TPSA) is 386 Å². The van der Waals surface area contributed by atoms with Gasteiger partial charge in [-0.05, 0) is 162 Å². The second kappa shape index (κ2) is 53.9. The van der Waals surface area contributed by atoms with Gasteiger partial charge in [-0.1, -0.05) is 72.8 Å². The van der Waals surface area contributed by atoms with Crippen molar-refractivity contribution in [2.45, 2.75) is 104 Å². The lowest BCUT2D eigenvalue weighted by molar-refractivity contribution is -0.150. The third-order valence-corrected chi connectivity index (χ3v) is 17.6. The first kappa shape index (κ1) is 96.6. The molecule has 6 atom stereocenters. The van der Waals surface area contributed by atoms with Crippen LogP contribution in [0.5, 0.6) is 34.5 Å². The van der Waals surface area contributed by atoms with Crippen LogP contribution in [-0.4, -0.2) is 299 Å². The van der Waals surface area contributed by atoms with Gasteiger partial charge in [-0.25, -0.2) is 0 Å². The van der Waals surface area contributed by atoms with Crippen LogP contribution < -0.4 is 33.7 Å². The van der Waals surface area contributed by atoms with Gasteiger partial charge in [-0.2, -0.15) is 0 Å². The number of nitrogens with one attached hydrogen (secondary N) is 1. The van der Waals surface area contributed by atoms with Crippen molar-refractivity contribution in [3.63, 3.8) is 0 Å². The van der Waals surface area contributed by atoms with Gasteiger partial charge in [-0.15, -0.1) is 0 Å². The van der Waals surface area contributed by atoms with Crippen LogP contribution >= 0.6 is 0 Å². The maximum atomic E-state index is 12.2. The van der Waals surface area contributed by atoms with Crippen molar-refractivity contribution in [3.8, 4) is 34.5 Å². The number of carbonyl (C=O) groups is 8. The number of aliphatic hydroxyl groups is 3. The quantitative estimate of drug-likeness (QED) is 0.0141. The molecule has 32 heteroatoms. The summed E-state index contributed by atoms with van der Waals surface area (Å²) in [5.74, 6) is -0.424. The summed E-state index contributed by atoms with van der Waals surface area (Å²) < 4.78 is 90.4. The SMILES string of the molecule is CCOC(=O)CN(CC(=O)OCC)CC(O)COc1ccc(C(c2ccc(OCC(O)CN(CC(=O)OCC)CC(=O)OCC)cc2)c2ccc(OCC(O)CN(CC(=O)OCC)CC(=O)OCC)cc2)cc1.CCOC(=O)CNCC(=O)OCC.c1cc(C(c2ccc(OCC3CO3)cc2)c2ccc(OCC3CO3)cc2)ccc1OCC1CO1. The van der Waals surface area contributed by atoms with Crippen molar-refractivity contribution < 1.29 is 134 Å². The first-order valence-corrected chi connectivity index (χ1v) is 40.5. The first-order valence-electron chi connectivity index (χ1n) is 40.5. The summed E-state index contributed by atoms with van der Waals surface area (Å²) in [5, 5.41) is 35.2. The molecule has 6 aromatic carbocycles. The maximum absolute atomic E-state index is 12.2. The monoisotopic (exact) mass is 1680 g/mol. The molecule has 0 radical (unpaired) electrons. The molecule has 0 saturated carbocycles. The molecule has 6 aromatic rings. The van der Waals surface area contributed by atoms with Crippen LogP contribution in [-0.2, 0) is 90.5 Å². The number of nitrogens with zero attached hydrogens (tertiary/aromatic N) is 3. The van der Waals surface area contributed by atoms with Crippen molar-refractivity contribution in [2.75, 3.05) is 184 Å². The number of aliphatic hydroxyl groups excluding tert-OH is 3. The molecule has 3 aliphatic heterocycles. The van der Waals surface area contributed by atoms with Gasteiger partial charge in [0.05, 0.1) is 125 Å². The van der Waals surface area contributed by atoms with E-state index in [1.807, 2.05) is 72.8 Å². The Morgan fingerprint density at radius 1 is 0.300 bits per heavy atom. The highest BCUT2D eigenvalue weighted by Gasteiger charge is 2.29. The normalized spacial score (nSPS) is 15.4. The standard InChI is InChI=1S/C52H73N3O18.C28H28O6.C8H15NO4/c1-7-65-46(59)28-53(29-47(60)66-8-2)25-40(56)34-71-43-19-13-37(14-20-43)52(38-15-21-44(22-16-38)72-35-41(57)26-54(30-48(61)67-9-3)31-49(62)68-10-4)39-17-23-45(24-18-39)73-36-42(58)27-55(32-50(63)69-11-5)33-51(64)70-12-6;1-7-22(29-13-25-16-32-25)8-2-19(1)28(20-3-9-23(10-4-20)30-14-26-17-33-26)21-5-11-24(12-6-21)31-15-27-18-34-27;1-3-12-7(10)5-9-6-8(11)13-4-2/h13-24,40-42,52,56-58H,7-12,25-36H2,1-6H3;1-12,25-28H,13-18H2;9H,3-6H2,1-2H3. The van der Waals surface area contributed by atoms with E-state index in [0.717, 1.165) is 53.8 Å². The van der Waals surface area contributed by atoms with Gasteiger partial charge in [0.25, 0.3) is 0 Å². The van der Waals surface area contributed by atoms with Crippen LogP contribution in [0.4, 0.5) is 0 Å². The minimum atomic E-state index is -1.08. The zero-order valence-electron chi connectivity index (χ0n) is 69.7. The number of hydrogen-bond donors (Lipinski definition) is 4. The lowest BCUT2D eigenvalue weighted by atomic mass is 9.85. The average Bonchev–Trinajstić information content (AvgIpc) is 1.10. The molecule has 0 aliphatic carbocycles. The molecule has 3 fully saturated rings. The summed E-state index contributed by atoms with van der Waals surface area (Å²) in [6.45, 7) is 17.4. The smallest absolute Gasteiger partial charge is 0.320 e. The first-order chi connectivity index (χ1) is 58.1. The van der Waals surface area contributed by atoms with Gasteiger partial charge in [0.2, 0.25) is 0 Å². The Balaban J connectivity index is 0.000000340. The van der Waals surface area contributed by atoms with Crippen molar-refractivity contribution >= 4 is 47.8 Å². The van der Waals surface area contributed by atoms with E-state index in [4.69, 9.17) is 71.1 Å². The molecule has 6 unspecified atom stereocenters. The summed E-state index contributed by atoms with van der Waals surface area (Å²) in [6, 6.07) is 46.8. The number of rotatable bonds is 54. The van der Waals surface area contributed by atoms with Crippen molar-refractivity contribution in [1.29, 1.82) is 0 Å². The third-order valence-electron chi connectivity index (χ3n) is 17.6. The second-order valence-corrected chi connectivity index (χ2v) is 27.5. The van der Waals surface area contributed by atoms with Crippen LogP contribution in [0.1, 0.15) is 101 Å². The van der Waals surface area contributed by atoms with E-state index in [9.17, 15) is 53.7 Å². The molecule has 656 valence electrons. The number of hydrogen-bond acceptors (Lipinski definition) is 32. The molecule has 3 saturated heterocycles. The van der Waals surface area contributed by atoms with E-state index in [1.165, 1.54) is 31.4 Å². The van der Waals surface area contributed by atoms with Gasteiger partial charge in [-0.3, -0.25) is 58.4 Å². The predicted octanol–water partition coefficient (Wildman–Crippen LogP) is 6.27. The Bertz CT molecular complexity index is 3540. The summed E-state index contributed by atoms with van der Waals surface area (Å²) in [4.78, 5) is 99.1. The Hall–Kier alpha value is -10.5. The molecular weight excluding hydrogens is 1560 g/mol. The fourth-order valence-corrected chi connectivity index (χ4v) is 12.0. The summed E-state index contributed by atoms with van der Waals surface area (Å²) in [7, 11) is 0. The van der Waals surface area contributed by atoms with Gasteiger partial charge >= 0.3 is 47.8 Å². The number of ether oxygens (including phenoxy) is 17. The largest absolute Gasteiger partial charge is 0.491 e. The van der Waals surface area contributed by atoms with Crippen LogP contribution in [0.3, 0.4) is 0 Å². The number of epoxide rings is 3. The number of carbonyl (C=O) groups excluding carboxylic acids is 8. The zero-order valence-corrected chi connectivity index (χ0v) is 69.7. The highest BCUT2D eigenvalue weighted by atomic mass is 16.6. The summed E-state index contributed by atoms with van der Waals surface area (Å²) in [6.07, 6.45) is -2.52. The number of esters is 8. The third kappa shape index (κ3) is 38.3. The van der Waals surface area contributed by atoms with Crippen molar-refractivity contribution in [2.24, 2.45) is 0 Å². The summed E-state index contributed by atoms with van der Waals surface area (Å²) in [5.41, 5.74) is 6.12. The molecule has 0 amide bonds. The average molecular weight is 1680 g/mol. The van der Waals surface area contributed by atoms with Crippen LogP contribution in [0.25, 0.3) is 0 Å². The van der Waals surface area contributed by atoms with Crippen molar-refractivity contribution in [3.05, 3.63) is 179 Å². The molecule has 9 rings (SSSR count). The molecule has 0 bridgehead atoms.